The Morgan fingerprint density at radius 3 is 2.67 bits per heavy atom. The second-order valence-electron chi connectivity index (χ2n) is 3.59. The number of nitrogens with one attached hydrogen (secondary N) is 1. The summed E-state index contributed by atoms with van der Waals surface area (Å²) in [5, 5.41) is 0. The normalized spacial score (nSPS) is 11.5. The van der Waals surface area contributed by atoms with E-state index in [9.17, 15) is 17.2 Å². The molecule has 0 radical (unpaired) electrons. The molecular formula is C10H14F2N2O3S. The van der Waals surface area contributed by atoms with E-state index in [4.69, 9.17) is 10.5 Å². The molecule has 0 aromatic heterocycles. The Morgan fingerprint density at radius 1 is 1.39 bits per heavy atom. The van der Waals surface area contributed by atoms with Gasteiger partial charge in [-0.15, -0.1) is 0 Å². The van der Waals surface area contributed by atoms with E-state index in [0.29, 0.717) is 0 Å². The Hall–Kier alpha value is -1.41. The van der Waals surface area contributed by atoms with Crippen LogP contribution in [-0.2, 0) is 14.8 Å². The first-order chi connectivity index (χ1) is 8.37. The van der Waals surface area contributed by atoms with Crippen molar-refractivity contribution >= 4 is 21.4 Å². The van der Waals surface area contributed by atoms with Crippen molar-refractivity contribution in [3.63, 3.8) is 0 Å². The van der Waals surface area contributed by atoms with Gasteiger partial charge in [-0.05, 0) is 18.6 Å². The molecule has 0 saturated heterocycles. The minimum Gasteiger partial charge on any atom is -0.397 e. The lowest BCUT2D eigenvalue weighted by Crippen LogP contribution is -2.19. The molecule has 102 valence electrons. The van der Waals surface area contributed by atoms with E-state index in [1.807, 2.05) is 4.72 Å². The quantitative estimate of drug-likeness (QED) is 0.608. The number of hydrogen-bond acceptors (Lipinski definition) is 4. The average Bonchev–Trinajstić information content (AvgIpc) is 2.30. The molecule has 0 unspecified atom stereocenters. The molecule has 8 heteroatoms. The Kier molecular flexibility index (Phi) is 4.85. The third kappa shape index (κ3) is 3.81. The molecular weight excluding hydrogens is 266 g/mol. The number of benzene rings is 1. The van der Waals surface area contributed by atoms with E-state index >= 15 is 0 Å². The number of halogens is 2. The van der Waals surface area contributed by atoms with Crippen LogP contribution in [0.1, 0.15) is 6.42 Å². The third-order valence-electron chi connectivity index (χ3n) is 2.15. The summed E-state index contributed by atoms with van der Waals surface area (Å²) in [5.74, 6) is -2.75. The lowest BCUT2D eigenvalue weighted by molar-refractivity contribution is 0.199. The molecule has 3 N–H and O–H groups in total. The number of sulfonamides is 1. The van der Waals surface area contributed by atoms with E-state index in [0.717, 1.165) is 12.1 Å². The van der Waals surface area contributed by atoms with E-state index in [2.05, 4.69) is 0 Å². The summed E-state index contributed by atoms with van der Waals surface area (Å²) >= 11 is 0. The molecule has 0 fully saturated rings. The summed E-state index contributed by atoms with van der Waals surface area (Å²) in [6.45, 7) is 0.252. The predicted molar refractivity (Wildman–Crippen MR) is 64.7 cm³/mol. The predicted octanol–water partition coefficient (Wildman–Crippen LogP) is 1.33. The zero-order valence-corrected chi connectivity index (χ0v) is 10.6. The van der Waals surface area contributed by atoms with Crippen molar-refractivity contribution in [3.8, 4) is 0 Å². The number of methoxy groups -OCH3 is 1. The fourth-order valence-electron chi connectivity index (χ4n) is 1.27. The van der Waals surface area contributed by atoms with Crippen LogP contribution >= 0.6 is 0 Å². The summed E-state index contributed by atoms with van der Waals surface area (Å²) in [5.41, 5.74) is 4.65. The topological polar surface area (TPSA) is 81.4 Å². The molecule has 0 aliphatic rings. The maximum absolute atomic E-state index is 13.4. The van der Waals surface area contributed by atoms with E-state index in [1.54, 1.807) is 0 Å². The first kappa shape index (κ1) is 14.7. The number of nitrogens with two attached hydrogens (primary N) is 1. The van der Waals surface area contributed by atoms with E-state index in [-0.39, 0.29) is 24.5 Å². The second-order valence-corrected chi connectivity index (χ2v) is 5.43. The number of ether oxygens (including phenoxy) is 1. The zero-order chi connectivity index (χ0) is 13.8. The molecule has 1 aromatic carbocycles. The molecule has 0 bridgehead atoms. The maximum Gasteiger partial charge on any atom is 0.232 e. The minimum atomic E-state index is -3.79. The summed E-state index contributed by atoms with van der Waals surface area (Å²) in [6.07, 6.45) is 0.239. The molecule has 0 aliphatic carbocycles. The summed E-state index contributed by atoms with van der Waals surface area (Å²) in [7, 11) is -2.35. The second kappa shape index (κ2) is 5.96. The van der Waals surface area contributed by atoms with Crippen LogP contribution in [0, 0.1) is 11.6 Å². The van der Waals surface area contributed by atoms with Gasteiger partial charge in [-0.2, -0.15) is 0 Å². The Bertz CT molecular complexity index is 520. The van der Waals surface area contributed by atoms with E-state index < -0.39 is 27.3 Å². The molecule has 18 heavy (non-hydrogen) atoms. The number of rotatable bonds is 6. The monoisotopic (exact) mass is 280 g/mol. The van der Waals surface area contributed by atoms with Crippen LogP contribution in [0.4, 0.5) is 20.2 Å². The van der Waals surface area contributed by atoms with Crippen molar-refractivity contribution in [1.29, 1.82) is 0 Å². The highest BCUT2D eigenvalue weighted by Gasteiger charge is 2.18. The van der Waals surface area contributed by atoms with Gasteiger partial charge in [0.25, 0.3) is 0 Å². The van der Waals surface area contributed by atoms with Crippen molar-refractivity contribution in [3.05, 3.63) is 23.8 Å². The molecule has 0 amide bonds. The molecule has 0 spiro atoms. The average molecular weight is 280 g/mol. The van der Waals surface area contributed by atoms with Gasteiger partial charge in [-0.25, -0.2) is 17.2 Å². The molecule has 0 saturated carbocycles. The summed E-state index contributed by atoms with van der Waals surface area (Å²) in [6, 6.07) is 1.92. The van der Waals surface area contributed by atoms with Gasteiger partial charge < -0.3 is 10.5 Å². The highest BCUT2D eigenvalue weighted by atomic mass is 32.2. The van der Waals surface area contributed by atoms with Gasteiger partial charge >= 0.3 is 0 Å². The van der Waals surface area contributed by atoms with Crippen LogP contribution < -0.4 is 10.5 Å². The smallest absolute Gasteiger partial charge is 0.232 e. The Labute approximate surface area is 104 Å². The first-order valence-corrected chi connectivity index (χ1v) is 6.75. The van der Waals surface area contributed by atoms with Crippen molar-refractivity contribution in [2.75, 3.05) is 29.9 Å². The minimum absolute atomic E-state index is 0.177. The van der Waals surface area contributed by atoms with E-state index in [1.165, 1.54) is 7.11 Å². The van der Waals surface area contributed by atoms with Crippen molar-refractivity contribution < 1.29 is 21.9 Å². The first-order valence-electron chi connectivity index (χ1n) is 5.10. The van der Waals surface area contributed by atoms with Crippen LogP contribution in [0.2, 0.25) is 0 Å². The number of anilines is 2. The standard InChI is InChI=1S/C10H14F2N2O3S/c1-17-5-2-6-18(15,16)14-10-8(13)4-3-7(11)9(10)12/h3-4,14H,2,5-6,13H2,1H3. The third-order valence-corrected chi connectivity index (χ3v) is 3.49. The molecule has 0 atom stereocenters. The molecule has 5 nitrogen and oxygen atoms in total. The summed E-state index contributed by atoms with van der Waals surface area (Å²) in [4.78, 5) is 0. The van der Waals surface area contributed by atoms with Gasteiger partial charge in [-0.3, -0.25) is 4.72 Å². The van der Waals surface area contributed by atoms with Crippen LogP contribution in [-0.4, -0.2) is 27.9 Å². The largest absolute Gasteiger partial charge is 0.397 e. The van der Waals surface area contributed by atoms with Crippen molar-refractivity contribution in [2.45, 2.75) is 6.42 Å². The fourth-order valence-corrected chi connectivity index (χ4v) is 2.39. The maximum atomic E-state index is 13.4. The fraction of sp³-hybridized carbons (Fsp3) is 0.400. The molecule has 1 rings (SSSR count). The Balaban J connectivity index is 2.87. The SMILES string of the molecule is COCCCS(=O)(=O)Nc1c(N)ccc(F)c1F. The van der Waals surface area contributed by atoms with Gasteiger partial charge in [0.15, 0.2) is 11.6 Å². The van der Waals surface area contributed by atoms with Crippen molar-refractivity contribution in [1.82, 2.24) is 0 Å². The lowest BCUT2D eigenvalue weighted by Gasteiger charge is -2.11. The lowest BCUT2D eigenvalue weighted by atomic mass is 10.2. The van der Waals surface area contributed by atoms with Crippen LogP contribution in [0.5, 0.6) is 0 Å². The van der Waals surface area contributed by atoms with Gasteiger partial charge in [-0.1, -0.05) is 0 Å². The van der Waals surface area contributed by atoms with Crippen molar-refractivity contribution in [2.24, 2.45) is 0 Å². The number of hydrogen-bond donors (Lipinski definition) is 2. The molecule has 0 heterocycles. The van der Waals surface area contributed by atoms with Gasteiger partial charge in [0, 0.05) is 13.7 Å². The van der Waals surface area contributed by atoms with Gasteiger partial charge in [0.2, 0.25) is 10.0 Å². The zero-order valence-electron chi connectivity index (χ0n) is 9.74. The van der Waals surface area contributed by atoms with Crippen LogP contribution in [0.15, 0.2) is 12.1 Å². The van der Waals surface area contributed by atoms with Gasteiger partial charge in [0.05, 0.1) is 11.4 Å². The Morgan fingerprint density at radius 2 is 2.06 bits per heavy atom. The van der Waals surface area contributed by atoms with Crippen LogP contribution in [0.25, 0.3) is 0 Å². The molecule has 1 aromatic rings. The van der Waals surface area contributed by atoms with Gasteiger partial charge in [0.1, 0.15) is 5.69 Å². The molecule has 0 aliphatic heterocycles. The highest BCUT2D eigenvalue weighted by molar-refractivity contribution is 7.92. The summed E-state index contributed by atoms with van der Waals surface area (Å²) < 4.78 is 56.1. The number of nitrogen functional groups attached to an aromatic ring is 1. The van der Waals surface area contributed by atoms with Crippen LogP contribution in [0.3, 0.4) is 0 Å². The highest BCUT2D eigenvalue weighted by Crippen LogP contribution is 2.25.